The molecule has 1 saturated carbocycles. The van der Waals surface area contributed by atoms with Crippen molar-refractivity contribution in [2.24, 2.45) is 0 Å². The topological polar surface area (TPSA) is 78.9 Å². The zero-order valence-corrected chi connectivity index (χ0v) is 17.3. The molecule has 5 rings (SSSR count). The molecule has 2 aliphatic rings. The summed E-state index contributed by atoms with van der Waals surface area (Å²) in [6.07, 6.45) is 8.80. The first-order valence-corrected chi connectivity index (χ1v) is 10.8. The lowest BCUT2D eigenvalue weighted by Crippen LogP contribution is -2.21. The Morgan fingerprint density at radius 1 is 1.00 bits per heavy atom. The summed E-state index contributed by atoms with van der Waals surface area (Å²) in [7, 11) is 1.88. The van der Waals surface area contributed by atoms with E-state index < -0.39 is 0 Å². The quantitative estimate of drug-likeness (QED) is 0.627. The van der Waals surface area contributed by atoms with E-state index in [2.05, 4.69) is 31.6 Å². The Kier molecular flexibility index (Phi) is 5.27. The van der Waals surface area contributed by atoms with Gasteiger partial charge in [0.1, 0.15) is 11.6 Å². The van der Waals surface area contributed by atoms with Crippen LogP contribution in [0, 0.1) is 0 Å². The minimum absolute atomic E-state index is 0.644. The number of rotatable bonds is 7. The number of hydrogen-bond acceptors (Lipinski definition) is 7. The average Bonchev–Trinajstić information content (AvgIpc) is 3.46. The van der Waals surface area contributed by atoms with Crippen LogP contribution in [0.3, 0.4) is 0 Å². The molecule has 3 heterocycles. The number of hydrogen-bond donors (Lipinski definition) is 2. The van der Waals surface area contributed by atoms with E-state index in [0.717, 1.165) is 47.9 Å². The van der Waals surface area contributed by atoms with Crippen LogP contribution in [0.2, 0.25) is 0 Å². The Labute approximate surface area is 176 Å². The van der Waals surface area contributed by atoms with Crippen molar-refractivity contribution in [2.45, 2.75) is 38.3 Å². The van der Waals surface area contributed by atoms with E-state index in [4.69, 9.17) is 9.97 Å². The summed E-state index contributed by atoms with van der Waals surface area (Å²) in [5.41, 5.74) is 1.95. The molecule has 30 heavy (non-hydrogen) atoms. The van der Waals surface area contributed by atoms with Crippen molar-refractivity contribution in [3.8, 4) is 0 Å². The summed E-state index contributed by atoms with van der Waals surface area (Å²) in [5, 5.41) is 7.74. The molecular weight excluding hydrogens is 374 g/mol. The van der Waals surface area contributed by atoms with Gasteiger partial charge in [-0.3, -0.25) is 0 Å². The van der Waals surface area contributed by atoms with E-state index in [0.29, 0.717) is 17.7 Å². The fourth-order valence-corrected chi connectivity index (χ4v) is 3.82. The molecule has 0 spiro atoms. The summed E-state index contributed by atoms with van der Waals surface area (Å²) in [4.78, 5) is 21.2. The van der Waals surface area contributed by atoms with Gasteiger partial charge in [-0.1, -0.05) is 12.1 Å². The van der Waals surface area contributed by atoms with E-state index in [1.165, 1.54) is 25.7 Å². The molecule has 3 aromatic rings. The van der Waals surface area contributed by atoms with E-state index in [1.54, 1.807) is 0 Å². The first-order chi connectivity index (χ1) is 14.8. The summed E-state index contributed by atoms with van der Waals surface area (Å²) < 4.78 is 0. The highest BCUT2D eigenvalue weighted by atomic mass is 15.2. The summed E-state index contributed by atoms with van der Waals surface area (Å²) in [6.45, 7) is 2.91. The third-order valence-corrected chi connectivity index (χ3v) is 5.60. The molecule has 2 aromatic heterocycles. The van der Waals surface area contributed by atoms with Crippen molar-refractivity contribution in [1.82, 2.24) is 25.3 Å². The second-order valence-electron chi connectivity index (χ2n) is 7.96. The maximum Gasteiger partial charge on any atom is 0.155 e. The maximum atomic E-state index is 4.81. The lowest BCUT2D eigenvalue weighted by atomic mass is 10.2. The highest BCUT2D eigenvalue weighted by molar-refractivity contribution is 5.89. The normalized spacial score (nSPS) is 16.6. The second kappa shape index (κ2) is 8.36. The lowest BCUT2D eigenvalue weighted by molar-refractivity contribution is 0.671. The monoisotopic (exact) mass is 401 g/mol. The fraction of sp³-hybridized carbons (Fsp3) is 0.391. The molecule has 0 amide bonds. The van der Waals surface area contributed by atoms with E-state index in [-0.39, 0.29) is 0 Å². The number of benzene rings is 1. The predicted molar refractivity (Wildman–Crippen MR) is 121 cm³/mol. The molecule has 0 bridgehead atoms. The Morgan fingerprint density at radius 3 is 2.53 bits per heavy atom. The van der Waals surface area contributed by atoms with Crippen LogP contribution in [0.15, 0.2) is 30.3 Å². The van der Waals surface area contributed by atoms with Crippen molar-refractivity contribution in [1.29, 1.82) is 0 Å². The maximum absolute atomic E-state index is 4.81. The number of nitrogens with zero attached hydrogens (tertiary/aromatic N) is 5. The fourth-order valence-electron chi connectivity index (χ4n) is 3.82. The Morgan fingerprint density at radius 2 is 1.77 bits per heavy atom. The third-order valence-electron chi connectivity index (χ3n) is 5.60. The van der Waals surface area contributed by atoms with Gasteiger partial charge in [-0.25, -0.2) is 19.9 Å². The minimum Gasteiger partial charge on any atom is -0.373 e. The van der Waals surface area contributed by atoms with Crippen LogP contribution in [0.5, 0.6) is 0 Å². The van der Waals surface area contributed by atoms with Crippen molar-refractivity contribution < 1.29 is 0 Å². The highest BCUT2D eigenvalue weighted by Crippen LogP contribution is 2.23. The molecule has 1 aromatic carbocycles. The van der Waals surface area contributed by atoms with Crippen LogP contribution in [0.4, 0.5) is 11.6 Å². The molecule has 1 aliphatic carbocycles. The summed E-state index contributed by atoms with van der Waals surface area (Å²) >= 11 is 0. The van der Waals surface area contributed by atoms with Gasteiger partial charge >= 0.3 is 0 Å². The van der Waals surface area contributed by atoms with Crippen molar-refractivity contribution in [3.05, 3.63) is 47.7 Å². The molecule has 1 saturated heterocycles. The minimum atomic E-state index is 0.644. The number of aromatic nitrogens is 4. The summed E-state index contributed by atoms with van der Waals surface area (Å²) in [6, 6.07) is 10.8. The molecule has 1 aliphatic heterocycles. The second-order valence-corrected chi connectivity index (χ2v) is 7.96. The zero-order chi connectivity index (χ0) is 20.3. The van der Waals surface area contributed by atoms with Gasteiger partial charge in [0.15, 0.2) is 11.6 Å². The van der Waals surface area contributed by atoms with Crippen LogP contribution in [-0.2, 0) is 6.54 Å². The van der Waals surface area contributed by atoms with Gasteiger partial charge in [0.2, 0.25) is 0 Å². The Balaban J connectivity index is 1.45. The van der Waals surface area contributed by atoms with Crippen molar-refractivity contribution in [3.63, 3.8) is 0 Å². The molecule has 2 N–H and O–H groups in total. The van der Waals surface area contributed by atoms with Gasteiger partial charge in [0, 0.05) is 44.2 Å². The first kappa shape index (κ1) is 18.9. The number of para-hydroxylation sites is 1. The number of nitrogens with one attached hydrogen (secondary N) is 2. The molecule has 2 fully saturated rings. The molecule has 0 radical (unpaired) electrons. The van der Waals surface area contributed by atoms with E-state index in [1.807, 2.05) is 43.5 Å². The van der Waals surface area contributed by atoms with Gasteiger partial charge in [0.25, 0.3) is 0 Å². The van der Waals surface area contributed by atoms with Gasteiger partial charge in [-0.05, 0) is 50.0 Å². The van der Waals surface area contributed by atoms with Crippen molar-refractivity contribution >= 4 is 34.7 Å². The SMILES string of the molecule is CNc1nc(/C=C/c2nc(CNC3CC3)cc(N3CCCC3)n2)nc2ccccc12. The highest BCUT2D eigenvalue weighted by Gasteiger charge is 2.21. The predicted octanol–water partition coefficient (Wildman–Crippen LogP) is 3.48. The van der Waals surface area contributed by atoms with Gasteiger partial charge in [-0.2, -0.15) is 0 Å². The first-order valence-electron chi connectivity index (χ1n) is 10.8. The van der Waals surface area contributed by atoms with Gasteiger partial charge in [-0.15, -0.1) is 0 Å². The lowest BCUT2D eigenvalue weighted by Gasteiger charge is -2.17. The molecule has 0 atom stereocenters. The molecule has 7 heteroatoms. The largest absolute Gasteiger partial charge is 0.373 e. The molecule has 0 unspecified atom stereocenters. The van der Waals surface area contributed by atoms with Crippen LogP contribution in [-0.4, -0.2) is 46.1 Å². The standard InChI is InChI=1S/C23H27N7/c1-24-23-18-6-2-3-7-19(18)27-21(29-23)11-10-20-26-17(15-25-16-8-9-16)14-22(28-20)30-12-4-5-13-30/h2-3,6-7,10-11,14,16,25H,4-5,8-9,12-13,15H2,1H3,(H,24,27,29)/b11-10+. The molecule has 7 nitrogen and oxygen atoms in total. The van der Waals surface area contributed by atoms with E-state index in [9.17, 15) is 0 Å². The van der Waals surface area contributed by atoms with Crippen LogP contribution in [0.25, 0.3) is 23.1 Å². The van der Waals surface area contributed by atoms with E-state index >= 15 is 0 Å². The summed E-state index contributed by atoms with van der Waals surface area (Å²) in [5.74, 6) is 3.19. The van der Waals surface area contributed by atoms with Crippen LogP contribution >= 0.6 is 0 Å². The third kappa shape index (κ3) is 4.26. The Hall–Kier alpha value is -3.06. The average molecular weight is 402 g/mol. The van der Waals surface area contributed by atoms with Crippen LogP contribution in [0.1, 0.15) is 43.0 Å². The van der Waals surface area contributed by atoms with Crippen LogP contribution < -0.4 is 15.5 Å². The van der Waals surface area contributed by atoms with Crippen molar-refractivity contribution in [2.75, 3.05) is 30.4 Å². The molecule has 154 valence electrons. The number of fused-ring (bicyclic) bond motifs is 1. The smallest absolute Gasteiger partial charge is 0.155 e. The molecular formula is C23H27N7. The number of anilines is 2. The Bertz CT molecular complexity index is 1070. The zero-order valence-electron chi connectivity index (χ0n) is 17.3. The van der Waals surface area contributed by atoms with Gasteiger partial charge < -0.3 is 15.5 Å². The van der Waals surface area contributed by atoms with Gasteiger partial charge in [0.05, 0.1) is 11.2 Å².